The van der Waals surface area contributed by atoms with Crippen LogP contribution in [0.2, 0.25) is 0 Å². The van der Waals surface area contributed by atoms with Gasteiger partial charge in [0.2, 0.25) is 5.91 Å². The van der Waals surface area contributed by atoms with E-state index < -0.39 is 0 Å². The Morgan fingerprint density at radius 1 is 1.17 bits per heavy atom. The summed E-state index contributed by atoms with van der Waals surface area (Å²) in [6.45, 7) is 1.05. The van der Waals surface area contributed by atoms with E-state index in [0.29, 0.717) is 37.2 Å². The molecular formula is C18H18FN3O2. The first-order chi connectivity index (χ1) is 11.6. The lowest BCUT2D eigenvalue weighted by atomic mass is 9.95. The van der Waals surface area contributed by atoms with E-state index in [9.17, 15) is 14.0 Å². The van der Waals surface area contributed by atoms with Gasteiger partial charge in [0.05, 0.1) is 5.56 Å². The molecule has 1 aliphatic heterocycles. The van der Waals surface area contributed by atoms with E-state index in [4.69, 9.17) is 0 Å². The fraction of sp³-hybridized carbons (Fsp3) is 0.278. The number of hydrogen-bond acceptors (Lipinski definition) is 3. The van der Waals surface area contributed by atoms with Crippen molar-refractivity contribution in [3.63, 3.8) is 0 Å². The second kappa shape index (κ2) is 7.21. The molecule has 0 aliphatic carbocycles. The highest BCUT2D eigenvalue weighted by Gasteiger charge is 2.27. The Kier molecular flexibility index (Phi) is 4.84. The third kappa shape index (κ3) is 3.76. The Hall–Kier alpha value is -2.76. The molecule has 5 nitrogen and oxygen atoms in total. The Morgan fingerprint density at radius 3 is 2.62 bits per heavy atom. The molecule has 24 heavy (non-hydrogen) atoms. The van der Waals surface area contributed by atoms with Crippen LogP contribution in [-0.4, -0.2) is 34.8 Å². The number of amides is 2. The first kappa shape index (κ1) is 16.1. The number of carbonyl (C=O) groups is 2. The monoisotopic (exact) mass is 327 g/mol. The van der Waals surface area contributed by atoms with Crippen LogP contribution in [0.3, 0.4) is 0 Å². The molecule has 2 amide bonds. The number of nitrogens with zero attached hydrogens (tertiary/aromatic N) is 2. The summed E-state index contributed by atoms with van der Waals surface area (Å²) in [4.78, 5) is 30.3. The topological polar surface area (TPSA) is 62.3 Å². The van der Waals surface area contributed by atoms with Gasteiger partial charge in [-0.1, -0.05) is 6.07 Å². The third-order valence-corrected chi connectivity index (χ3v) is 4.15. The second-order valence-corrected chi connectivity index (χ2v) is 5.81. The molecule has 2 heterocycles. The molecule has 1 saturated heterocycles. The van der Waals surface area contributed by atoms with Crippen molar-refractivity contribution in [1.82, 2.24) is 9.88 Å². The number of benzene rings is 1. The molecule has 0 spiro atoms. The number of pyridine rings is 1. The van der Waals surface area contributed by atoms with E-state index in [2.05, 4.69) is 10.3 Å². The number of anilines is 1. The summed E-state index contributed by atoms with van der Waals surface area (Å²) in [5.74, 6) is -0.753. The molecule has 6 heteroatoms. The zero-order chi connectivity index (χ0) is 16.9. The lowest BCUT2D eigenvalue weighted by Gasteiger charge is -2.31. The standard InChI is InChI=1S/C18H18FN3O2/c19-15-4-1-5-16(11-15)21-17(23)13-6-9-22(10-7-13)18(24)14-3-2-8-20-12-14/h1-5,8,11-13H,6-7,9-10H2,(H,21,23). The Balaban J connectivity index is 1.55. The fourth-order valence-corrected chi connectivity index (χ4v) is 2.83. The number of aromatic nitrogens is 1. The van der Waals surface area contributed by atoms with Crippen LogP contribution in [0.25, 0.3) is 0 Å². The maximum atomic E-state index is 13.2. The van der Waals surface area contributed by atoms with Crippen LogP contribution in [0.15, 0.2) is 48.8 Å². The van der Waals surface area contributed by atoms with Crippen molar-refractivity contribution in [3.8, 4) is 0 Å². The summed E-state index contributed by atoms with van der Waals surface area (Å²) in [7, 11) is 0. The van der Waals surface area contributed by atoms with Gasteiger partial charge < -0.3 is 10.2 Å². The number of carbonyl (C=O) groups excluding carboxylic acids is 2. The van der Waals surface area contributed by atoms with E-state index in [-0.39, 0.29) is 23.5 Å². The van der Waals surface area contributed by atoms with Gasteiger partial charge >= 0.3 is 0 Å². The van der Waals surface area contributed by atoms with Gasteiger partial charge in [-0.2, -0.15) is 0 Å². The number of halogens is 1. The van der Waals surface area contributed by atoms with Crippen molar-refractivity contribution in [3.05, 3.63) is 60.2 Å². The maximum Gasteiger partial charge on any atom is 0.255 e. The minimum Gasteiger partial charge on any atom is -0.339 e. The Labute approximate surface area is 139 Å². The van der Waals surface area contributed by atoms with Crippen LogP contribution < -0.4 is 5.32 Å². The molecule has 124 valence electrons. The zero-order valence-corrected chi connectivity index (χ0v) is 13.1. The highest BCUT2D eigenvalue weighted by atomic mass is 19.1. The van der Waals surface area contributed by atoms with Gasteiger partial charge in [0.25, 0.3) is 5.91 Å². The van der Waals surface area contributed by atoms with Crippen LogP contribution >= 0.6 is 0 Å². The normalized spacial score (nSPS) is 15.1. The van der Waals surface area contributed by atoms with Crippen LogP contribution in [0.4, 0.5) is 10.1 Å². The van der Waals surface area contributed by atoms with E-state index in [1.165, 1.54) is 12.1 Å². The Morgan fingerprint density at radius 2 is 1.96 bits per heavy atom. The molecule has 1 aromatic carbocycles. The van der Waals surface area contributed by atoms with Gasteiger partial charge in [0.15, 0.2) is 0 Å². The molecule has 1 fully saturated rings. The van der Waals surface area contributed by atoms with Gasteiger partial charge in [-0.25, -0.2) is 4.39 Å². The van der Waals surface area contributed by atoms with Crippen LogP contribution in [0.1, 0.15) is 23.2 Å². The van der Waals surface area contributed by atoms with Crippen LogP contribution in [-0.2, 0) is 4.79 Å². The van der Waals surface area contributed by atoms with Crippen molar-refractivity contribution < 1.29 is 14.0 Å². The molecule has 0 saturated carbocycles. The van der Waals surface area contributed by atoms with E-state index in [0.717, 1.165) is 0 Å². The smallest absolute Gasteiger partial charge is 0.255 e. The van der Waals surface area contributed by atoms with Crippen LogP contribution in [0.5, 0.6) is 0 Å². The largest absolute Gasteiger partial charge is 0.339 e. The number of piperidine rings is 1. The minimum absolute atomic E-state index is 0.0629. The SMILES string of the molecule is O=C(Nc1cccc(F)c1)C1CCN(C(=O)c2cccnc2)CC1. The molecular weight excluding hydrogens is 309 g/mol. The molecule has 2 aromatic rings. The van der Waals surface area contributed by atoms with Crippen molar-refractivity contribution in [2.24, 2.45) is 5.92 Å². The summed E-state index contributed by atoms with van der Waals surface area (Å²) in [5.41, 5.74) is 1.01. The average molecular weight is 327 g/mol. The van der Waals surface area contributed by atoms with Crippen molar-refractivity contribution in [2.45, 2.75) is 12.8 Å². The van der Waals surface area contributed by atoms with Crippen molar-refractivity contribution in [1.29, 1.82) is 0 Å². The quantitative estimate of drug-likeness (QED) is 0.943. The maximum absolute atomic E-state index is 13.2. The van der Waals surface area contributed by atoms with Crippen LogP contribution in [0, 0.1) is 11.7 Å². The number of nitrogens with one attached hydrogen (secondary N) is 1. The zero-order valence-electron chi connectivity index (χ0n) is 13.1. The van der Waals surface area contributed by atoms with E-state index in [1.807, 2.05) is 0 Å². The number of rotatable bonds is 3. The highest BCUT2D eigenvalue weighted by Crippen LogP contribution is 2.21. The second-order valence-electron chi connectivity index (χ2n) is 5.81. The molecule has 1 aromatic heterocycles. The predicted octanol–water partition coefficient (Wildman–Crippen LogP) is 2.71. The molecule has 0 radical (unpaired) electrons. The van der Waals surface area contributed by atoms with Crippen molar-refractivity contribution >= 4 is 17.5 Å². The summed E-state index contributed by atoms with van der Waals surface area (Å²) < 4.78 is 13.2. The van der Waals surface area contributed by atoms with Gasteiger partial charge in [-0.15, -0.1) is 0 Å². The molecule has 3 rings (SSSR count). The molecule has 1 aliphatic rings. The minimum atomic E-state index is -0.385. The highest BCUT2D eigenvalue weighted by molar-refractivity contribution is 5.95. The predicted molar refractivity (Wildman–Crippen MR) is 87.9 cm³/mol. The summed E-state index contributed by atoms with van der Waals surface area (Å²) in [6, 6.07) is 9.30. The first-order valence-corrected chi connectivity index (χ1v) is 7.89. The number of likely N-dealkylation sites (tertiary alicyclic amines) is 1. The van der Waals surface area contributed by atoms with Gasteiger partial charge in [-0.05, 0) is 43.2 Å². The van der Waals surface area contributed by atoms with Gasteiger partial charge in [0, 0.05) is 37.1 Å². The van der Waals surface area contributed by atoms with Crippen molar-refractivity contribution in [2.75, 3.05) is 18.4 Å². The summed E-state index contributed by atoms with van der Waals surface area (Å²) in [5, 5.41) is 2.74. The van der Waals surface area contributed by atoms with Gasteiger partial charge in [-0.3, -0.25) is 14.6 Å². The average Bonchev–Trinajstić information content (AvgIpc) is 2.62. The number of hydrogen-bond donors (Lipinski definition) is 1. The van der Waals surface area contributed by atoms with E-state index in [1.54, 1.807) is 41.6 Å². The molecule has 0 atom stereocenters. The summed E-state index contributed by atoms with van der Waals surface area (Å²) >= 11 is 0. The molecule has 0 bridgehead atoms. The summed E-state index contributed by atoms with van der Waals surface area (Å²) in [6.07, 6.45) is 4.35. The van der Waals surface area contributed by atoms with E-state index >= 15 is 0 Å². The lowest BCUT2D eigenvalue weighted by Crippen LogP contribution is -2.41. The van der Waals surface area contributed by atoms with Gasteiger partial charge in [0.1, 0.15) is 5.82 Å². The lowest BCUT2D eigenvalue weighted by molar-refractivity contribution is -0.121. The Bertz CT molecular complexity index is 728. The fourth-order valence-electron chi connectivity index (χ4n) is 2.83. The first-order valence-electron chi connectivity index (χ1n) is 7.89. The third-order valence-electron chi connectivity index (χ3n) is 4.15. The molecule has 0 unspecified atom stereocenters. The molecule has 1 N–H and O–H groups in total.